The molecule has 1 amide bonds. The van der Waals surface area contributed by atoms with Crippen molar-refractivity contribution in [1.82, 2.24) is 39.5 Å². The zero-order valence-corrected chi connectivity index (χ0v) is 22.7. The van der Waals surface area contributed by atoms with Gasteiger partial charge in [0.15, 0.2) is 0 Å². The van der Waals surface area contributed by atoms with E-state index in [9.17, 15) is 4.79 Å². The molecule has 0 radical (unpaired) electrons. The number of H-pyrrole nitrogens is 1. The zero-order valence-electron chi connectivity index (χ0n) is 21.9. The lowest BCUT2D eigenvalue weighted by atomic mass is 9.97. The summed E-state index contributed by atoms with van der Waals surface area (Å²) < 4.78 is 1.68. The summed E-state index contributed by atoms with van der Waals surface area (Å²) in [5.41, 5.74) is 2.48. The Morgan fingerprint density at radius 1 is 1.10 bits per heavy atom. The standard InChI is InChI=1S/C28H32ClN9O/c1-2-22-17-36(27-25(29)15-21(16-33-27)26-31-9-10-32-26)13-14-37(22)23-7-11-35(12-8-23)28(39)20-3-5-24(6-4-20)38-19-30-18-34-38/h3-6,9-10,15-16,18-19,22-23H,2,7-8,11-14,17H2,1H3,(H,31,32)/t22-/m0/s1. The van der Waals surface area contributed by atoms with E-state index in [-0.39, 0.29) is 5.91 Å². The fraction of sp³-hybridized carbons (Fsp3) is 0.393. The van der Waals surface area contributed by atoms with E-state index < -0.39 is 0 Å². The number of imidazole rings is 1. The summed E-state index contributed by atoms with van der Waals surface area (Å²) in [6.07, 6.45) is 11.5. The molecular weight excluding hydrogens is 514 g/mol. The molecule has 0 unspecified atom stereocenters. The summed E-state index contributed by atoms with van der Waals surface area (Å²) in [6, 6.07) is 10.4. The average Bonchev–Trinajstić information content (AvgIpc) is 3.72. The van der Waals surface area contributed by atoms with Gasteiger partial charge in [0.1, 0.15) is 24.3 Å². The summed E-state index contributed by atoms with van der Waals surface area (Å²) >= 11 is 6.68. The molecule has 2 fully saturated rings. The molecule has 0 saturated carbocycles. The average molecular weight is 546 g/mol. The topological polar surface area (TPSA) is 99.1 Å². The van der Waals surface area contributed by atoms with Crippen molar-refractivity contribution < 1.29 is 4.79 Å². The van der Waals surface area contributed by atoms with Crippen molar-refractivity contribution in [3.63, 3.8) is 0 Å². The number of aromatic nitrogens is 6. The molecule has 10 nitrogen and oxygen atoms in total. The first-order valence-corrected chi connectivity index (χ1v) is 13.9. The Labute approximate surface area is 232 Å². The number of carbonyl (C=O) groups is 1. The van der Waals surface area contributed by atoms with Gasteiger partial charge in [-0.25, -0.2) is 19.6 Å². The number of benzene rings is 1. The Morgan fingerprint density at radius 3 is 2.59 bits per heavy atom. The molecule has 0 spiro atoms. The highest BCUT2D eigenvalue weighted by atomic mass is 35.5. The van der Waals surface area contributed by atoms with Crippen LogP contribution in [0.25, 0.3) is 17.1 Å². The van der Waals surface area contributed by atoms with E-state index in [1.165, 1.54) is 6.33 Å². The van der Waals surface area contributed by atoms with Crippen molar-refractivity contribution in [2.75, 3.05) is 37.6 Å². The maximum atomic E-state index is 13.2. The van der Waals surface area contributed by atoms with Gasteiger partial charge in [0, 0.05) is 74.5 Å². The van der Waals surface area contributed by atoms with Gasteiger partial charge in [0.25, 0.3) is 5.91 Å². The Kier molecular flexibility index (Phi) is 7.30. The van der Waals surface area contributed by atoms with Gasteiger partial charge in [0.2, 0.25) is 0 Å². The highest BCUT2D eigenvalue weighted by Crippen LogP contribution is 2.31. The fourth-order valence-electron chi connectivity index (χ4n) is 5.80. The second-order valence-electron chi connectivity index (χ2n) is 10.1. The van der Waals surface area contributed by atoms with E-state index in [4.69, 9.17) is 16.6 Å². The highest BCUT2D eigenvalue weighted by Gasteiger charge is 2.35. The van der Waals surface area contributed by atoms with E-state index >= 15 is 0 Å². The van der Waals surface area contributed by atoms with Gasteiger partial charge in [-0.1, -0.05) is 18.5 Å². The van der Waals surface area contributed by atoms with Crippen molar-refractivity contribution in [2.45, 2.75) is 38.3 Å². The fourth-order valence-corrected chi connectivity index (χ4v) is 6.09. The molecule has 2 saturated heterocycles. The largest absolute Gasteiger partial charge is 0.353 e. The molecule has 1 atom stereocenters. The third kappa shape index (κ3) is 5.26. The Bertz CT molecular complexity index is 1380. The maximum Gasteiger partial charge on any atom is 0.253 e. The molecule has 11 heteroatoms. The Balaban J connectivity index is 1.05. The van der Waals surface area contributed by atoms with Crippen LogP contribution in [0.15, 0.2) is 61.6 Å². The highest BCUT2D eigenvalue weighted by molar-refractivity contribution is 6.33. The smallest absolute Gasteiger partial charge is 0.253 e. The number of nitrogens with zero attached hydrogens (tertiary/aromatic N) is 8. The van der Waals surface area contributed by atoms with Crippen LogP contribution >= 0.6 is 11.6 Å². The van der Waals surface area contributed by atoms with Crippen molar-refractivity contribution in [1.29, 1.82) is 0 Å². The molecule has 1 aromatic carbocycles. The minimum Gasteiger partial charge on any atom is -0.353 e. The van der Waals surface area contributed by atoms with Crippen molar-refractivity contribution in [3.05, 3.63) is 72.2 Å². The summed E-state index contributed by atoms with van der Waals surface area (Å²) in [5.74, 6) is 1.69. The van der Waals surface area contributed by atoms with E-state index in [1.807, 2.05) is 41.4 Å². The maximum absolute atomic E-state index is 13.2. The lowest BCUT2D eigenvalue weighted by molar-refractivity contribution is 0.0491. The van der Waals surface area contributed by atoms with Crippen molar-refractivity contribution in [3.8, 4) is 17.1 Å². The molecule has 6 rings (SSSR count). The minimum absolute atomic E-state index is 0.0918. The number of nitrogens with one attached hydrogen (secondary N) is 1. The van der Waals surface area contributed by atoms with Crippen LogP contribution in [0.4, 0.5) is 5.82 Å². The quantitative estimate of drug-likeness (QED) is 0.392. The van der Waals surface area contributed by atoms with Crippen LogP contribution in [-0.2, 0) is 0 Å². The molecule has 202 valence electrons. The molecule has 2 aliphatic rings. The molecule has 39 heavy (non-hydrogen) atoms. The van der Waals surface area contributed by atoms with Gasteiger partial charge in [-0.15, -0.1) is 0 Å². The Morgan fingerprint density at radius 2 is 1.92 bits per heavy atom. The predicted octanol–water partition coefficient (Wildman–Crippen LogP) is 3.91. The minimum atomic E-state index is 0.0918. The number of piperazine rings is 1. The van der Waals surface area contributed by atoms with Crippen LogP contribution in [-0.4, -0.2) is 90.2 Å². The number of likely N-dealkylation sites (tertiary alicyclic amines) is 1. The summed E-state index contributed by atoms with van der Waals surface area (Å²) in [7, 11) is 0. The molecule has 4 aromatic rings. The monoisotopic (exact) mass is 545 g/mol. The first-order valence-electron chi connectivity index (χ1n) is 13.5. The number of anilines is 1. The lowest BCUT2D eigenvalue weighted by Gasteiger charge is -2.47. The third-order valence-corrected chi connectivity index (χ3v) is 8.19. The van der Waals surface area contributed by atoms with Gasteiger partial charge in [-0.2, -0.15) is 5.10 Å². The number of piperidine rings is 1. The number of amides is 1. The predicted molar refractivity (Wildman–Crippen MR) is 150 cm³/mol. The second-order valence-corrected chi connectivity index (χ2v) is 10.5. The molecule has 1 N–H and O–H groups in total. The van der Waals surface area contributed by atoms with E-state index in [0.717, 1.165) is 74.9 Å². The third-order valence-electron chi connectivity index (χ3n) is 7.91. The summed E-state index contributed by atoms with van der Waals surface area (Å²) in [5, 5.41) is 4.79. The molecule has 3 aromatic heterocycles. The van der Waals surface area contributed by atoms with Gasteiger partial charge in [-0.05, 0) is 49.6 Å². The first-order chi connectivity index (χ1) is 19.1. The first kappa shape index (κ1) is 25.5. The van der Waals surface area contributed by atoms with Crippen LogP contribution < -0.4 is 4.90 Å². The number of hydrogen-bond acceptors (Lipinski definition) is 7. The molecular formula is C28H32ClN9O. The summed E-state index contributed by atoms with van der Waals surface area (Å²) in [4.78, 5) is 36.2. The van der Waals surface area contributed by atoms with Crippen LogP contribution in [0.5, 0.6) is 0 Å². The number of aromatic amines is 1. The number of carbonyl (C=O) groups excluding carboxylic acids is 1. The SMILES string of the molecule is CC[C@H]1CN(c2ncc(-c3ncc[nH]3)cc2Cl)CCN1C1CCN(C(=O)c2ccc(-n3cncn3)cc2)CC1. The molecule has 5 heterocycles. The number of hydrogen-bond donors (Lipinski definition) is 1. The van der Waals surface area contributed by atoms with E-state index in [1.54, 1.807) is 23.4 Å². The summed E-state index contributed by atoms with van der Waals surface area (Å²) in [6.45, 7) is 6.51. The van der Waals surface area contributed by atoms with Crippen molar-refractivity contribution >= 4 is 23.3 Å². The van der Waals surface area contributed by atoms with Crippen LogP contribution in [0, 0.1) is 0 Å². The van der Waals surface area contributed by atoms with Gasteiger partial charge in [-0.3, -0.25) is 9.69 Å². The lowest BCUT2D eigenvalue weighted by Crippen LogP contribution is -2.58. The molecule has 2 aliphatic heterocycles. The van der Waals surface area contributed by atoms with Crippen molar-refractivity contribution in [2.24, 2.45) is 0 Å². The van der Waals surface area contributed by atoms with Gasteiger partial charge in [0.05, 0.1) is 10.7 Å². The Hall–Kier alpha value is -3.76. The van der Waals surface area contributed by atoms with E-state index in [0.29, 0.717) is 22.7 Å². The number of halogens is 1. The molecule has 0 bridgehead atoms. The van der Waals surface area contributed by atoms with Gasteiger partial charge >= 0.3 is 0 Å². The van der Waals surface area contributed by atoms with Crippen LogP contribution in [0.3, 0.4) is 0 Å². The van der Waals surface area contributed by atoms with E-state index in [2.05, 4.69) is 36.8 Å². The van der Waals surface area contributed by atoms with Crippen LogP contribution in [0.1, 0.15) is 36.5 Å². The second kappa shape index (κ2) is 11.2. The molecule has 0 aliphatic carbocycles. The van der Waals surface area contributed by atoms with Gasteiger partial charge < -0.3 is 14.8 Å². The zero-order chi connectivity index (χ0) is 26.8. The normalized spacial score (nSPS) is 19.0. The number of pyridine rings is 1. The number of rotatable bonds is 6. The van der Waals surface area contributed by atoms with Crippen LogP contribution in [0.2, 0.25) is 5.02 Å².